The molecule has 0 aliphatic carbocycles. The fourth-order valence-electron chi connectivity index (χ4n) is 2.36. The maximum atomic E-state index is 8.71. The zero-order valence-electron chi connectivity index (χ0n) is 10.9. The zero-order chi connectivity index (χ0) is 12.6. The summed E-state index contributed by atoms with van der Waals surface area (Å²) >= 11 is 0. The molecule has 0 spiro atoms. The van der Waals surface area contributed by atoms with Crippen molar-refractivity contribution in [2.24, 2.45) is 0 Å². The van der Waals surface area contributed by atoms with Crippen molar-refractivity contribution in [3.05, 3.63) is 35.4 Å². The highest BCUT2D eigenvalue weighted by atomic mass is 15.1. The molecule has 0 amide bonds. The van der Waals surface area contributed by atoms with Crippen LogP contribution in [0.1, 0.15) is 30.4 Å². The summed E-state index contributed by atoms with van der Waals surface area (Å²) in [6.45, 7) is 5.76. The minimum atomic E-state index is 0.729. The zero-order valence-corrected chi connectivity index (χ0v) is 10.9. The standard InChI is InChI=1S/C15H21N3/c16-12-14-4-6-15(7-5-14)13-17-8-3-11-18-9-1-2-10-18/h4-7,17H,1-3,8-11,13H2. The van der Waals surface area contributed by atoms with Crippen LogP contribution in [0.4, 0.5) is 0 Å². The number of likely N-dealkylation sites (tertiary alicyclic amines) is 1. The largest absolute Gasteiger partial charge is 0.313 e. The van der Waals surface area contributed by atoms with Crippen LogP contribution in [0.15, 0.2) is 24.3 Å². The van der Waals surface area contributed by atoms with Crippen molar-refractivity contribution in [3.63, 3.8) is 0 Å². The smallest absolute Gasteiger partial charge is 0.0991 e. The van der Waals surface area contributed by atoms with Crippen LogP contribution < -0.4 is 5.32 Å². The fraction of sp³-hybridized carbons (Fsp3) is 0.533. The van der Waals surface area contributed by atoms with E-state index in [2.05, 4.69) is 16.3 Å². The second kappa shape index (κ2) is 7.15. The van der Waals surface area contributed by atoms with Crippen molar-refractivity contribution in [2.75, 3.05) is 26.2 Å². The molecule has 1 aliphatic heterocycles. The predicted molar refractivity (Wildman–Crippen MR) is 73.2 cm³/mol. The molecule has 18 heavy (non-hydrogen) atoms. The summed E-state index contributed by atoms with van der Waals surface area (Å²) in [4.78, 5) is 2.55. The molecule has 0 unspecified atom stereocenters. The highest BCUT2D eigenvalue weighted by Crippen LogP contribution is 2.07. The summed E-state index contributed by atoms with van der Waals surface area (Å²) in [5, 5.41) is 12.2. The average Bonchev–Trinajstić information content (AvgIpc) is 2.92. The summed E-state index contributed by atoms with van der Waals surface area (Å²) in [5.74, 6) is 0. The molecule has 0 saturated carbocycles. The van der Waals surface area contributed by atoms with Gasteiger partial charge in [-0.3, -0.25) is 0 Å². The van der Waals surface area contributed by atoms with Crippen LogP contribution in [0.5, 0.6) is 0 Å². The first kappa shape index (κ1) is 13.1. The number of hydrogen-bond donors (Lipinski definition) is 1. The molecule has 1 aliphatic rings. The molecule has 1 N–H and O–H groups in total. The van der Waals surface area contributed by atoms with Crippen molar-refractivity contribution in [3.8, 4) is 6.07 Å². The molecule has 0 atom stereocenters. The van der Waals surface area contributed by atoms with Crippen molar-refractivity contribution in [1.29, 1.82) is 5.26 Å². The SMILES string of the molecule is N#Cc1ccc(CNCCCN2CCCC2)cc1. The molecule has 3 nitrogen and oxygen atoms in total. The van der Waals surface area contributed by atoms with Crippen molar-refractivity contribution >= 4 is 0 Å². The number of hydrogen-bond acceptors (Lipinski definition) is 3. The maximum absolute atomic E-state index is 8.71. The van der Waals surface area contributed by atoms with Crippen LogP contribution in [0.25, 0.3) is 0 Å². The Balaban J connectivity index is 1.58. The van der Waals surface area contributed by atoms with Crippen LogP contribution in [-0.4, -0.2) is 31.1 Å². The van der Waals surface area contributed by atoms with Crippen LogP contribution >= 0.6 is 0 Å². The van der Waals surface area contributed by atoms with Gasteiger partial charge in [0.15, 0.2) is 0 Å². The molecule has 0 aromatic heterocycles. The van der Waals surface area contributed by atoms with Crippen LogP contribution in [0, 0.1) is 11.3 Å². The van der Waals surface area contributed by atoms with E-state index in [-0.39, 0.29) is 0 Å². The number of nitriles is 1. The van der Waals surface area contributed by atoms with Gasteiger partial charge in [-0.05, 0) is 63.1 Å². The Hall–Kier alpha value is -1.37. The normalized spacial score (nSPS) is 15.7. The predicted octanol–water partition coefficient (Wildman–Crippen LogP) is 2.13. The van der Waals surface area contributed by atoms with Crippen LogP contribution in [0.3, 0.4) is 0 Å². The molecule has 2 rings (SSSR count). The Kier molecular flexibility index (Phi) is 5.19. The molecule has 1 fully saturated rings. The lowest BCUT2D eigenvalue weighted by Gasteiger charge is -2.14. The van der Waals surface area contributed by atoms with Crippen molar-refractivity contribution in [1.82, 2.24) is 10.2 Å². The van der Waals surface area contributed by atoms with Crippen LogP contribution in [0.2, 0.25) is 0 Å². The van der Waals surface area contributed by atoms with E-state index < -0.39 is 0 Å². The quantitative estimate of drug-likeness (QED) is 0.778. The maximum Gasteiger partial charge on any atom is 0.0991 e. The monoisotopic (exact) mass is 243 g/mol. The highest BCUT2D eigenvalue weighted by Gasteiger charge is 2.09. The van der Waals surface area contributed by atoms with E-state index in [1.807, 2.05) is 24.3 Å². The first-order valence-corrected chi connectivity index (χ1v) is 6.80. The summed E-state index contributed by atoms with van der Waals surface area (Å²) < 4.78 is 0. The van der Waals surface area contributed by atoms with E-state index >= 15 is 0 Å². The van der Waals surface area contributed by atoms with Crippen molar-refractivity contribution < 1.29 is 0 Å². The molecule has 1 aromatic carbocycles. The van der Waals surface area contributed by atoms with Gasteiger partial charge in [0.05, 0.1) is 11.6 Å². The first-order valence-electron chi connectivity index (χ1n) is 6.80. The van der Waals surface area contributed by atoms with Gasteiger partial charge in [-0.1, -0.05) is 12.1 Å². The second-order valence-corrected chi connectivity index (χ2v) is 4.89. The molecular formula is C15H21N3. The number of nitrogens with one attached hydrogen (secondary N) is 1. The van der Waals surface area contributed by atoms with E-state index in [4.69, 9.17) is 5.26 Å². The first-order chi connectivity index (χ1) is 8.88. The van der Waals surface area contributed by atoms with E-state index in [1.165, 1.54) is 44.5 Å². The van der Waals surface area contributed by atoms with Crippen molar-refractivity contribution in [2.45, 2.75) is 25.8 Å². The van der Waals surface area contributed by atoms with Gasteiger partial charge in [0.25, 0.3) is 0 Å². The minimum absolute atomic E-state index is 0.729. The van der Waals surface area contributed by atoms with Gasteiger partial charge in [0.2, 0.25) is 0 Å². The van der Waals surface area contributed by atoms with E-state index in [0.717, 1.165) is 18.7 Å². The third kappa shape index (κ3) is 4.14. The van der Waals surface area contributed by atoms with E-state index in [1.54, 1.807) is 0 Å². The van der Waals surface area contributed by atoms with Gasteiger partial charge in [-0.15, -0.1) is 0 Å². The molecule has 96 valence electrons. The molecular weight excluding hydrogens is 222 g/mol. The summed E-state index contributed by atoms with van der Waals surface area (Å²) in [7, 11) is 0. The lowest BCUT2D eigenvalue weighted by molar-refractivity contribution is 0.331. The van der Waals surface area contributed by atoms with E-state index in [9.17, 15) is 0 Å². The lowest BCUT2D eigenvalue weighted by atomic mass is 10.1. The Morgan fingerprint density at radius 2 is 1.89 bits per heavy atom. The van der Waals surface area contributed by atoms with Gasteiger partial charge in [-0.25, -0.2) is 0 Å². The third-order valence-electron chi connectivity index (χ3n) is 3.44. The van der Waals surface area contributed by atoms with Crippen LogP contribution in [-0.2, 0) is 6.54 Å². The average molecular weight is 243 g/mol. The highest BCUT2D eigenvalue weighted by molar-refractivity contribution is 5.31. The van der Waals surface area contributed by atoms with Gasteiger partial charge in [0.1, 0.15) is 0 Å². The van der Waals surface area contributed by atoms with Gasteiger partial charge in [0, 0.05) is 6.54 Å². The molecule has 3 heteroatoms. The lowest BCUT2D eigenvalue weighted by Crippen LogP contribution is -2.24. The Morgan fingerprint density at radius 3 is 2.56 bits per heavy atom. The van der Waals surface area contributed by atoms with Gasteiger partial charge >= 0.3 is 0 Å². The molecule has 1 aromatic rings. The number of rotatable bonds is 6. The Bertz CT molecular complexity index is 385. The molecule has 1 heterocycles. The second-order valence-electron chi connectivity index (χ2n) is 4.89. The Morgan fingerprint density at radius 1 is 1.17 bits per heavy atom. The third-order valence-corrected chi connectivity index (χ3v) is 3.44. The molecule has 1 saturated heterocycles. The van der Waals surface area contributed by atoms with E-state index in [0.29, 0.717) is 0 Å². The minimum Gasteiger partial charge on any atom is -0.313 e. The molecule has 0 bridgehead atoms. The molecule has 0 radical (unpaired) electrons. The van der Waals surface area contributed by atoms with Gasteiger partial charge in [-0.2, -0.15) is 5.26 Å². The summed E-state index contributed by atoms with van der Waals surface area (Å²) in [6.07, 6.45) is 3.97. The topological polar surface area (TPSA) is 39.1 Å². The number of nitrogens with zero attached hydrogens (tertiary/aromatic N) is 2. The Labute approximate surface area is 109 Å². The number of benzene rings is 1. The van der Waals surface area contributed by atoms with Gasteiger partial charge < -0.3 is 10.2 Å². The fourth-order valence-corrected chi connectivity index (χ4v) is 2.36. The summed E-state index contributed by atoms with van der Waals surface area (Å²) in [6, 6.07) is 9.93. The summed E-state index contributed by atoms with van der Waals surface area (Å²) in [5.41, 5.74) is 1.97.